The summed E-state index contributed by atoms with van der Waals surface area (Å²) in [5.74, 6) is 0. The molecule has 192 valence electrons. The fourth-order valence-electron chi connectivity index (χ4n) is 4.67. The number of aromatic nitrogens is 2. The van der Waals surface area contributed by atoms with E-state index in [1.54, 1.807) is 23.0 Å². The van der Waals surface area contributed by atoms with E-state index in [2.05, 4.69) is 13.8 Å². The average molecular weight is 498 g/mol. The van der Waals surface area contributed by atoms with E-state index in [4.69, 9.17) is 10.4 Å². The molecular formula is C29H34F3N3O. The van der Waals surface area contributed by atoms with E-state index in [1.165, 1.54) is 0 Å². The number of halogens is 3. The van der Waals surface area contributed by atoms with Gasteiger partial charge < -0.3 is 5.41 Å². The van der Waals surface area contributed by atoms with Crippen LogP contribution in [0.2, 0.25) is 0 Å². The molecule has 1 atom stereocenters. The lowest BCUT2D eigenvalue weighted by Gasteiger charge is -2.20. The Bertz CT molecular complexity index is 1300. The number of nitrogens with one attached hydrogen (secondary N) is 1. The molecule has 0 fully saturated rings. The van der Waals surface area contributed by atoms with Gasteiger partial charge in [-0.1, -0.05) is 75.9 Å². The smallest absolute Gasteiger partial charge is 0.313 e. The van der Waals surface area contributed by atoms with Gasteiger partial charge in [-0.15, -0.1) is 0 Å². The molecule has 1 unspecified atom stereocenters. The van der Waals surface area contributed by atoms with Crippen LogP contribution in [-0.4, -0.2) is 21.9 Å². The van der Waals surface area contributed by atoms with Gasteiger partial charge in [0, 0.05) is 23.9 Å². The second-order valence-electron chi connectivity index (χ2n) is 9.14. The molecule has 0 amide bonds. The van der Waals surface area contributed by atoms with Crippen molar-refractivity contribution in [1.82, 2.24) is 9.55 Å². The number of rotatable bonds is 12. The van der Waals surface area contributed by atoms with Crippen molar-refractivity contribution in [3.63, 3.8) is 0 Å². The molecule has 0 saturated carbocycles. The lowest BCUT2D eigenvalue weighted by atomic mass is 9.95. The van der Waals surface area contributed by atoms with Gasteiger partial charge in [-0.25, -0.2) is 4.98 Å². The minimum Gasteiger partial charge on any atom is -0.313 e. The van der Waals surface area contributed by atoms with E-state index in [0.29, 0.717) is 16.5 Å². The summed E-state index contributed by atoms with van der Waals surface area (Å²) in [6.45, 7) is 4.26. The van der Waals surface area contributed by atoms with Gasteiger partial charge in [0.15, 0.2) is 0 Å². The fraction of sp³-hybridized carbons (Fsp3) is 0.414. The van der Waals surface area contributed by atoms with Crippen molar-refractivity contribution in [3.05, 3.63) is 76.4 Å². The average Bonchev–Trinajstić information content (AvgIpc) is 2.85. The largest absolute Gasteiger partial charge is 0.409 e. The topological polar surface area (TPSA) is 58.7 Å². The molecule has 0 radical (unpaired) electrons. The van der Waals surface area contributed by atoms with Gasteiger partial charge in [0.05, 0.1) is 17.2 Å². The molecule has 0 saturated heterocycles. The Balaban J connectivity index is 2.15. The zero-order valence-electron chi connectivity index (χ0n) is 20.9. The molecule has 7 heteroatoms. The lowest BCUT2D eigenvalue weighted by molar-refractivity contribution is -0.0798. The fourth-order valence-corrected chi connectivity index (χ4v) is 4.67. The summed E-state index contributed by atoms with van der Waals surface area (Å²) >= 11 is 0. The van der Waals surface area contributed by atoms with E-state index in [0.717, 1.165) is 67.2 Å². The van der Waals surface area contributed by atoms with Gasteiger partial charge >= 0.3 is 6.18 Å². The summed E-state index contributed by atoms with van der Waals surface area (Å²) in [6.07, 6.45) is 7.70. The van der Waals surface area contributed by atoms with Gasteiger partial charge in [0.1, 0.15) is 0 Å². The van der Waals surface area contributed by atoms with Crippen LogP contribution in [-0.2, 0) is 6.42 Å². The predicted octanol–water partition coefficient (Wildman–Crippen LogP) is 8.10. The van der Waals surface area contributed by atoms with Gasteiger partial charge in [0.2, 0.25) is 0 Å². The van der Waals surface area contributed by atoms with Crippen molar-refractivity contribution in [2.45, 2.75) is 77.4 Å². The van der Waals surface area contributed by atoms with E-state index in [9.17, 15) is 18.0 Å². The molecule has 3 aromatic rings. The molecule has 1 heterocycles. The number of benzene rings is 2. The predicted molar refractivity (Wildman–Crippen MR) is 142 cm³/mol. The van der Waals surface area contributed by atoms with Crippen molar-refractivity contribution in [3.8, 4) is 0 Å². The maximum absolute atomic E-state index is 13.7. The van der Waals surface area contributed by atoms with Crippen molar-refractivity contribution in [1.29, 1.82) is 5.41 Å². The van der Waals surface area contributed by atoms with E-state index >= 15 is 0 Å². The highest BCUT2D eigenvalue weighted by Crippen LogP contribution is 2.29. The van der Waals surface area contributed by atoms with Crippen LogP contribution < -0.4 is 5.56 Å². The first kappa shape index (κ1) is 27.4. The minimum absolute atomic E-state index is 0.0682. The Hall–Kier alpha value is -3.22. The van der Waals surface area contributed by atoms with E-state index < -0.39 is 6.18 Å². The Labute approximate surface area is 210 Å². The molecule has 1 N–H and O–H groups in total. The molecule has 36 heavy (non-hydrogen) atoms. The molecule has 4 nitrogen and oxygen atoms in total. The van der Waals surface area contributed by atoms with Gasteiger partial charge in [0.25, 0.3) is 5.56 Å². The second-order valence-corrected chi connectivity index (χ2v) is 9.14. The number of fused-ring (bicyclic) bond motifs is 3. The molecule has 3 rings (SSSR count). The van der Waals surface area contributed by atoms with Crippen LogP contribution in [0.5, 0.6) is 0 Å². The van der Waals surface area contributed by atoms with Crippen molar-refractivity contribution >= 4 is 27.9 Å². The minimum atomic E-state index is -4.43. The summed E-state index contributed by atoms with van der Waals surface area (Å²) in [4.78, 5) is 18.4. The van der Waals surface area contributed by atoms with Gasteiger partial charge in [-0.05, 0) is 48.1 Å². The highest BCUT2D eigenvalue weighted by Gasteiger charge is 2.22. The molecule has 0 spiro atoms. The number of unbranched alkanes of at least 4 members (excludes halogenated alkanes) is 2. The third-order valence-electron chi connectivity index (χ3n) is 6.41. The van der Waals surface area contributed by atoms with Crippen LogP contribution in [0, 0.1) is 5.41 Å². The molecule has 0 aliphatic carbocycles. The number of alkyl halides is 3. The maximum Gasteiger partial charge on any atom is 0.409 e. The third-order valence-corrected chi connectivity index (χ3v) is 6.41. The van der Waals surface area contributed by atoms with Crippen molar-refractivity contribution < 1.29 is 13.2 Å². The van der Waals surface area contributed by atoms with Crippen LogP contribution in [0.4, 0.5) is 13.2 Å². The third kappa shape index (κ3) is 6.93. The Morgan fingerprint density at radius 2 is 1.83 bits per heavy atom. The second kappa shape index (κ2) is 12.7. The number of allylic oxidation sites excluding steroid dienone is 4. The molecular weight excluding hydrogens is 463 g/mol. The molecule has 1 aromatic heterocycles. The lowest BCUT2D eigenvalue weighted by Crippen LogP contribution is -2.25. The first-order valence-corrected chi connectivity index (χ1v) is 12.6. The molecule has 0 aliphatic heterocycles. The molecule has 0 aliphatic rings. The van der Waals surface area contributed by atoms with Gasteiger partial charge in [-0.2, -0.15) is 13.2 Å². The standard InChI is InChI=1S/C29H34F3N3O/c1-3-5-6-12-23(10-4-2)35-20-34-27-25-14-8-7-13-24(25)22(19-26(27)28(35)36)18-21(11-9-17-33)15-16-29(30,31)32/h7-8,11,13-17,19-20,23,33H,3-6,9-10,12,18H2,1-2H3/b16-15+,21-11?,33-17?. The highest BCUT2D eigenvalue weighted by molar-refractivity contribution is 6.06. The zero-order chi connectivity index (χ0) is 26.1. The summed E-state index contributed by atoms with van der Waals surface area (Å²) in [5.41, 5.74) is 1.69. The first-order valence-electron chi connectivity index (χ1n) is 12.6. The SMILES string of the molecule is CCCCCC(CCC)n1cnc2c(cc(CC(=CCC=N)/C=C/C(F)(F)F)c3ccccc32)c1=O. The first-order chi connectivity index (χ1) is 17.3. The van der Waals surface area contributed by atoms with Crippen LogP contribution in [0.15, 0.2) is 65.3 Å². The zero-order valence-corrected chi connectivity index (χ0v) is 20.9. The summed E-state index contributed by atoms with van der Waals surface area (Å²) in [7, 11) is 0. The van der Waals surface area contributed by atoms with Gasteiger partial charge in [-0.3, -0.25) is 9.36 Å². The summed E-state index contributed by atoms with van der Waals surface area (Å²) in [5, 5.41) is 9.42. The number of hydrogen-bond donors (Lipinski definition) is 1. The quantitative estimate of drug-likeness (QED) is 0.119. The Morgan fingerprint density at radius 1 is 1.08 bits per heavy atom. The van der Waals surface area contributed by atoms with Crippen molar-refractivity contribution in [2.24, 2.45) is 0 Å². The maximum atomic E-state index is 13.7. The Morgan fingerprint density at radius 3 is 2.50 bits per heavy atom. The molecule has 0 bridgehead atoms. The number of hydrogen-bond acceptors (Lipinski definition) is 3. The number of nitrogens with zero attached hydrogens (tertiary/aromatic N) is 2. The summed E-state index contributed by atoms with van der Waals surface area (Å²) < 4.78 is 40.4. The Kier molecular flexibility index (Phi) is 9.62. The van der Waals surface area contributed by atoms with E-state index in [-0.39, 0.29) is 30.5 Å². The highest BCUT2D eigenvalue weighted by atomic mass is 19.4. The van der Waals surface area contributed by atoms with Crippen LogP contribution in [0.3, 0.4) is 0 Å². The molecule has 2 aromatic carbocycles. The normalized spacial score (nSPS) is 13.6. The van der Waals surface area contributed by atoms with Crippen molar-refractivity contribution in [2.75, 3.05) is 0 Å². The summed E-state index contributed by atoms with van der Waals surface area (Å²) in [6, 6.07) is 9.41. The van der Waals surface area contributed by atoms with Crippen LogP contribution >= 0.6 is 0 Å². The monoisotopic (exact) mass is 497 g/mol. The van der Waals surface area contributed by atoms with E-state index in [1.807, 2.05) is 24.3 Å². The van der Waals surface area contributed by atoms with Crippen LogP contribution in [0.1, 0.15) is 70.4 Å². The van der Waals surface area contributed by atoms with Crippen LogP contribution in [0.25, 0.3) is 21.7 Å².